The van der Waals surface area contributed by atoms with Gasteiger partial charge in [0.2, 0.25) is 0 Å². The minimum absolute atomic E-state index is 0.440. The molecule has 0 saturated heterocycles. The van der Waals surface area contributed by atoms with Crippen LogP contribution >= 0.6 is 0 Å². The summed E-state index contributed by atoms with van der Waals surface area (Å²) >= 11 is 0. The van der Waals surface area contributed by atoms with Crippen molar-refractivity contribution in [3.8, 4) is 11.3 Å². The van der Waals surface area contributed by atoms with Crippen molar-refractivity contribution in [1.29, 1.82) is 0 Å². The topological polar surface area (TPSA) is 42.3 Å². The maximum absolute atomic E-state index is 13.2. The number of para-hydroxylation sites is 1. The molecular formula is C23H26N2O2. The Morgan fingerprint density at radius 2 is 1.63 bits per heavy atom. The van der Waals surface area contributed by atoms with Crippen LogP contribution in [-0.4, -0.2) is 34.7 Å². The predicted octanol–water partition coefficient (Wildman–Crippen LogP) is 4.68. The van der Waals surface area contributed by atoms with E-state index in [0.29, 0.717) is 12.1 Å². The second kappa shape index (κ2) is 8.21. The fourth-order valence-corrected chi connectivity index (χ4v) is 3.54. The highest BCUT2D eigenvalue weighted by molar-refractivity contribution is 6.46. The monoisotopic (exact) mass is 362 g/mol. The van der Waals surface area contributed by atoms with Crippen molar-refractivity contribution in [3.05, 3.63) is 60.2 Å². The molecule has 3 aromatic rings. The van der Waals surface area contributed by atoms with Gasteiger partial charge in [0.15, 0.2) is 0 Å². The minimum Gasteiger partial charge on any atom is -0.343 e. The molecule has 1 aromatic heterocycles. The summed E-state index contributed by atoms with van der Waals surface area (Å²) in [6.07, 6.45) is 3.04. The van der Waals surface area contributed by atoms with Crippen molar-refractivity contribution in [3.63, 3.8) is 0 Å². The van der Waals surface area contributed by atoms with E-state index in [-0.39, 0.29) is 0 Å². The normalized spacial score (nSPS) is 10.9. The largest absolute Gasteiger partial charge is 0.343 e. The first-order valence-corrected chi connectivity index (χ1v) is 9.48. The van der Waals surface area contributed by atoms with Crippen molar-refractivity contribution >= 4 is 22.6 Å². The van der Waals surface area contributed by atoms with Gasteiger partial charge >= 0.3 is 0 Å². The molecule has 0 fully saturated rings. The zero-order chi connectivity index (χ0) is 19.4. The summed E-state index contributed by atoms with van der Waals surface area (Å²) in [6.45, 7) is 2.72. The van der Waals surface area contributed by atoms with E-state index in [9.17, 15) is 9.59 Å². The van der Waals surface area contributed by atoms with E-state index in [4.69, 9.17) is 0 Å². The van der Waals surface area contributed by atoms with Crippen LogP contribution in [0, 0.1) is 0 Å². The Hall–Kier alpha value is -2.88. The molecule has 0 spiro atoms. The molecule has 0 bridgehead atoms. The summed E-state index contributed by atoms with van der Waals surface area (Å²) in [6, 6.07) is 17.5. The SMILES string of the molecule is CCCCCN(C)C(=O)C(=O)c1c(-c2ccccc2)n(C)c2ccccc12. The van der Waals surface area contributed by atoms with E-state index in [1.807, 2.05) is 66.2 Å². The number of unbranched alkanes of at least 4 members (excludes halogenated alkanes) is 2. The smallest absolute Gasteiger partial charge is 0.294 e. The number of aromatic nitrogens is 1. The Balaban J connectivity index is 2.07. The van der Waals surface area contributed by atoms with Crippen LogP contribution in [0.1, 0.15) is 36.5 Å². The number of rotatable bonds is 7. The number of ketones is 1. The van der Waals surface area contributed by atoms with E-state index in [2.05, 4.69) is 6.92 Å². The van der Waals surface area contributed by atoms with Crippen molar-refractivity contribution < 1.29 is 9.59 Å². The molecule has 0 radical (unpaired) electrons. The number of Topliss-reactive ketones (excluding diaryl/α,β-unsaturated/α-hetero) is 1. The van der Waals surface area contributed by atoms with E-state index in [1.165, 1.54) is 0 Å². The quantitative estimate of drug-likeness (QED) is 0.348. The average molecular weight is 362 g/mol. The number of likely N-dealkylation sites (N-methyl/N-ethyl adjacent to an activating group) is 1. The van der Waals surface area contributed by atoms with Crippen molar-refractivity contribution in [2.75, 3.05) is 13.6 Å². The summed E-state index contributed by atoms with van der Waals surface area (Å²) in [5, 5.41) is 0.819. The van der Waals surface area contributed by atoms with Crippen molar-refractivity contribution in [2.24, 2.45) is 7.05 Å². The molecular weight excluding hydrogens is 336 g/mol. The minimum atomic E-state index is -0.445. The lowest BCUT2D eigenvalue weighted by atomic mass is 10.0. The van der Waals surface area contributed by atoms with Crippen LogP contribution in [0.25, 0.3) is 22.2 Å². The molecule has 0 unspecified atom stereocenters. The zero-order valence-electron chi connectivity index (χ0n) is 16.2. The Morgan fingerprint density at radius 1 is 0.963 bits per heavy atom. The zero-order valence-corrected chi connectivity index (χ0v) is 16.2. The predicted molar refractivity (Wildman–Crippen MR) is 110 cm³/mol. The van der Waals surface area contributed by atoms with Gasteiger partial charge in [-0.15, -0.1) is 0 Å². The van der Waals surface area contributed by atoms with Gasteiger partial charge in [0.1, 0.15) is 0 Å². The number of hydrogen-bond acceptors (Lipinski definition) is 2. The number of amides is 1. The highest BCUT2D eigenvalue weighted by atomic mass is 16.2. The van der Waals surface area contributed by atoms with Crippen LogP contribution in [0.3, 0.4) is 0 Å². The van der Waals surface area contributed by atoms with Crippen LogP contribution in [0.15, 0.2) is 54.6 Å². The molecule has 140 valence electrons. The average Bonchev–Trinajstić information content (AvgIpc) is 3.00. The van der Waals surface area contributed by atoms with E-state index in [1.54, 1.807) is 11.9 Å². The van der Waals surface area contributed by atoms with Crippen LogP contribution in [0.4, 0.5) is 0 Å². The summed E-state index contributed by atoms with van der Waals surface area (Å²) < 4.78 is 2.00. The lowest BCUT2D eigenvalue weighted by Gasteiger charge is -2.16. The van der Waals surface area contributed by atoms with Crippen LogP contribution in [-0.2, 0) is 11.8 Å². The van der Waals surface area contributed by atoms with Crippen LogP contribution in [0.2, 0.25) is 0 Å². The molecule has 1 heterocycles. The Bertz CT molecular complexity index is 957. The molecule has 0 aliphatic rings. The van der Waals surface area contributed by atoms with Gasteiger partial charge in [-0.2, -0.15) is 0 Å². The maximum Gasteiger partial charge on any atom is 0.294 e. The van der Waals surface area contributed by atoms with E-state index in [0.717, 1.165) is 41.4 Å². The third-order valence-electron chi connectivity index (χ3n) is 5.02. The van der Waals surface area contributed by atoms with Gasteiger partial charge in [0, 0.05) is 31.5 Å². The first-order valence-electron chi connectivity index (χ1n) is 9.48. The highest BCUT2D eigenvalue weighted by Gasteiger charge is 2.28. The van der Waals surface area contributed by atoms with Crippen LogP contribution < -0.4 is 0 Å². The van der Waals surface area contributed by atoms with Gasteiger partial charge < -0.3 is 9.47 Å². The third kappa shape index (κ3) is 3.65. The van der Waals surface area contributed by atoms with Gasteiger partial charge in [-0.25, -0.2) is 0 Å². The van der Waals surface area contributed by atoms with Gasteiger partial charge in [-0.3, -0.25) is 9.59 Å². The summed E-state index contributed by atoms with van der Waals surface area (Å²) in [4.78, 5) is 27.6. The lowest BCUT2D eigenvalue weighted by Crippen LogP contribution is -2.34. The molecule has 2 aromatic carbocycles. The fourth-order valence-electron chi connectivity index (χ4n) is 3.54. The molecule has 0 aliphatic heterocycles. The number of hydrogen-bond donors (Lipinski definition) is 0. The van der Waals surface area contributed by atoms with Crippen molar-refractivity contribution in [1.82, 2.24) is 9.47 Å². The first kappa shape index (κ1) is 18.9. The number of carbonyl (C=O) groups is 2. The molecule has 0 N–H and O–H groups in total. The summed E-state index contributed by atoms with van der Waals surface area (Å²) in [5.74, 6) is -0.885. The van der Waals surface area contributed by atoms with Gasteiger partial charge in [-0.1, -0.05) is 68.3 Å². The number of aryl methyl sites for hydroxylation is 1. The molecule has 0 saturated carbocycles. The Labute approximate surface area is 160 Å². The van der Waals surface area contributed by atoms with Gasteiger partial charge in [0.25, 0.3) is 11.7 Å². The maximum atomic E-state index is 13.2. The molecule has 4 nitrogen and oxygen atoms in total. The standard InChI is InChI=1S/C23H26N2O2/c1-4-5-11-16-24(2)23(27)22(26)20-18-14-9-10-15-19(18)25(3)21(20)17-12-7-6-8-13-17/h6-10,12-15H,4-5,11,16H2,1-3H3. The fraction of sp³-hybridized carbons (Fsp3) is 0.304. The number of benzene rings is 2. The summed E-state index contributed by atoms with van der Waals surface area (Å²) in [7, 11) is 3.65. The molecule has 0 aliphatic carbocycles. The second-order valence-electron chi connectivity index (χ2n) is 6.93. The number of fused-ring (bicyclic) bond motifs is 1. The first-order chi connectivity index (χ1) is 13.1. The molecule has 0 atom stereocenters. The number of carbonyl (C=O) groups excluding carboxylic acids is 2. The summed E-state index contributed by atoms with van der Waals surface area (Å²) in [5.41, 5.74) is 3.16. The third-order valence-corrected chi connectivity index (χ3v) is 5.02. The second-order valence-corrected chi connectivity index (χ2v) is 6.93. The molecule has 27 heavy (non-hydrogen) atoms. The van der Waals surface area contributed by atoms with Gasteiger partial charge in [-0.05, 0) is 18.1 Å². The Morgan fingerprint density at radius 3 is 2.33 bits per heavy atom. The van der Waals surface area contributed by atoms with Gasteiger partial charge in [0.05, 0.1) is 11.3 Å². The lowest BCUT2D eigenvalue weighted by molar-refractivity contribution is -0.125. The molecule has 1 amide bonds. The van der Waals surface area contributed by atoms with Crippen molar-refractivity contribution in [2.45, 2.75) is 26.2 Å². The molecule has 4 heteroatoms. The molecule has 3 rings (SSSR count). The van der Waals surface area contributed by atoms with E-state index >= 15 is 0 Å². The Kier molecular flexibility index (Phi) is 5.75. The van der Waals surface area contributed by atoms with E-state index < -0.39 is 11.7 Å². The highest BCUT2D eigenvalue weighted by Crippen LogP contribution is 2.33. The van der Waals surface area contributed by atoms with Crippen LogP contribution in [0.5, 0.6) is 0 Å². The number of nitrogens with zero attached hydrogens (tertiary/aromatic N) is 2.